The number of hydrogen-bond acceptors (Lipinski definition) is 3. The second-order valence-electron chi connectivity index (χ2n) is 7.00. The molecule has 1 fully saturated rings. The van der Waals surface area contributed by atoms with E-state index in [1.54, 1.807) is 25.3 Å². The summed E-state index contributed by atoms with van der Waals surface area (Å²) < 4.78 is 5.12. The topological polar surface area (TPSA) is 67.4 Å². The van der Waals surface area contributed by atoms with Gasteiger partial charge >= 0.3 is 0 Å². The summed E-state index contributed by atoms with van der Waals surface area (Å²) in [5.74, 6) is 0.710. The van der Waals surface area contributed by atoms with Gasteiger partial charge in [0, 0.05) is 23.4 Å². The minimum Gasteiger partial charge on any atom is -0.497 e. The molecule has 28 heavy (non-hydrogen) atoms. The molecule has 2 amide bonds. The maximum atomic E-state index is 12.4. The van der Waals surface area contributed by atoms with E-state index >= 15 is 0 Å². The van der Waals surface area contributed by atoms with E-state index in [1.165, 1.54) is 12.5 Å². The molecular formula is C23H26N2O3. The predicted molar refractivity (Wildman–Crippen MR) is 112 cm³/mol. The number of hydrogen-bond donors (Lipinski definition) is 2. The van der Waals surface area contributed by atoms with Crippen LogP contribution in [0.15, 0.2) is 54.6 Å². The van der Waals surface area contributed by atoms with Gasteiger partial charge in [-0.1, -0.05) is 37.5 Å². The van der Waals surface area contributed by atoms with Gasteiger partial charge in [0.2, 0.25) is 11.8 Å². The first-order chi connectivity index (χ1) is 13.6. The Morgan fingerprint density at radius 1 is 0.964 bits per heavy atom. The van der Waals surface area contributed by atoms with E-state index in [-0.39, 0.29) is 17.7 Å². The van der Waals surface area contributed by atoms with Gasteiger partial charge in [-0.15, -0.1) is 0 Å². The summed E-state index contributed by atoms with van der Waals surface area (Å²) in [6.07, 6.45) is 8.59. The molecule has 0 unspecified atom stereocenters. The lowest BCUT2D eigenvalue weighted by molar-refractivity contribution is -0.120. The van der Waals surface area contributed by atoms with E-state index in [9.17, 15) is 9.59 Å². The van der Waals surface area contributed by atoms with Gasteiger partial charge < -0.3 is 15.4 Å². The standard InChI is InChI=1S/C23H26N2O3/c1-28-21-13-10-17(11-14-21)12-15-22(26)24-19-8-5-9-20(16-19)25-23(27)18-6-3-2-4-7-18/h5,8-16,18H,2-4,6-7H2,1H3,(H,24,26)(H,25,27)/b15-12+. The molecule has 2 aromatic carbocycles. The first-order valence-corrected chi connectivity index (χ1v) is 9.68. The van der Waals surface area contributed by atoms with Gasteiger partial charge in [-0.2, -0.15) is 0 Å². The first-order valence-electron chi connectivity index (χ1n) is 9.68. The molecule has 3 rings (SSSR count). The molecule has 5 nitrogen and oxygen atoms in total. The monoisotopic (exact) mass is 378 g/mol. The molecule has 0 heterocycles. The van der Waals surface area contributed by atoms with Crippen molar-refractivity contribution in [2.24, 2.45) is 5.92 Å². The minimum absolute atomic E-state index is 0.0718. The van der Waals surface area contributed by atoms with Crippen LogP contribution in [0.2, 0.25) is 0 Å². The van der Waals surface area contributed by atoms with Crippen LogP contribution in [0.25, 0.3) is 6.08 Å². The smallest absolute Gasteiger partial charge is 0.248 e. The van der Waals surface area contributed by atoms with Crippen molar-refractivity contribution < 1.29 is 14.3 Å². The van der Waals surface area contributed by atoms with Crippen LogP contribution in [0, 0.1) is 5.92 Å². The van der Waals surface area contributed by atoms with Crippen molar-refractivity contribution in [3.8, 4) is 5.75 Å². The summed E-state index contributed by atoms with van der Waals surface area (Å²) in [5, 5.41) is 5.80. The third-order valence-electron chi connectivity index (χ3n) is 4.92. The van der Waals surface area contributed by atoms with Crippen LogP contribution in [0.5, 0.6) is 5.75 Å². The normalized spacial score (nSPS) is 14.6. The fourth-order valence-corrected chi connectivity index (χ4v) is 3.35. The largest absolute Gasteiger partial charge is 0.497 e. The molecule has 0 bridgehead atoms. The number of amides is 2. The SMILES string of the molecule is COc1ccc(/C=C/C(=O)Nc2cccc(NC(=O)C3CCCCC3)c2)cc1. The van der Waals surface area contributed by atoms with Crippen LogP contribution < -0.4 is 15.4 Å². The Labute approximate surface area is 165 Å². The molecule has 1 aliphatic rings. The Morgan fingerprint density at radius 2 is 1.64 bits per heavy atom. The predicted octanol–water partition coefficient (Wildman–Crippen LogP) is 4.87. The maximum Gasteiger partial charge on any atom is 0.248 e. The van der Waals surface area contributed by atoms with E-state index in [0.29, 0.717) is 11.4 Å². The van der Waals surface area contributed by atoms with Crippen LogP contribution in [0.3, 0.4) is 0 Å². The zero-order valence-electron chi connectivity index (χ0n) is 16.1. The number of rotatable bonds is 6. The molecule has 2 aromatic rings. The number of anilines is 2. The highest BCUT2D eigenvalue weighted by atomic mass is 16.5. The zero-order valence-corrected chi connectivity index (χ0v) is 16.1. The van der Waals surface area contributed by atoms with Crippen LogP contribution in [-0.2, 0) is 9.59 Å². The second kappa shape index (κ2) is 9.74. The third-order valence-corrected chi connectivity index (χ3v) is 4.92. The van der Waals surface area contributed by atoms with Gasteiger partial charge in [-0.05, 0) is 54.8 Å². The van der Waals surface area contributed by atoms with Crippen molar-refractivity contribution in [3.05, 3.63) is 60.2 Å². The van der Waals surface area contributed by atoms with Gasteiger partial charge in [0.25, 0.3) is 0 Å². The van der Waals surface area contributed by atoms with E-state index in [2.05, 4.69) is 10.6 Å². The fourth-order valence-electron chi connectivity index (χ4n) is 3.35. The Balaban J connectivity index is 1.56. The maximum absolute atomic E-state index is 12.4. The van der Waals surface area contributed by atoms with Crippen molar-refractivity contribution in [2.75, 3.05) is 17.7 Å². The molecule has 2 N–H and O–H groups in total. The number of benzene rings is 2. The van der Waals surface area contributed by atoms with Gasteiger partial charge in [0.1, 0.15) is 5.75 Å². The highest BCUT2D eigenvalue weighted by molar-refractivity contribution is 6.02. The van der Waals surface area contributed by atoms with Crippen LogP contribution in [0.1, 0.15) is 37.7 Å². The Bertz CT molecular complexity index is 837. The van der Waals surface area contributed by atoms with Gasteiger partial charge in [-0.25, -0.2) is 0 Å². The number of methoxy groups -OCH3 is 1. The van der Waals surface area contributed by atoms with Crippen LogP contribution in [-0.4, -0.2) is 18.9 Å². The molecule has 0 aliphatic heterocycles. The van der Waals surface area contributed by atoms with E-state index in [4.69, 9.17) is 4.74 Å². The highest BCUT2D eigenvalue weighted by Gasteiger charge is 2.21. The molecule has 0 radical (unpaired) electrons. The van der Waals surface area contributed by atoms with Crippen LogP contribution >= 0.6 is 0 Å². The molecule has 5 heteroatoms. The molecular weight excluding hydrogens is 352 g/mol. The van der Waals surface area contributed by atoms with Crippen molar-refractivity contribution in [2.45, 2.75) is 32.1 Å². The molecule has 1 aliphatic carbocycles. The average molecular weight is 378 g/mol. The molecule has 0 spiro atoms. The van der Waals surface area contributed by atoms with Crippen LogP contribution in [0.4, 0.5) is 11.4 Å². The fraction of sp³-hybridized carbons (Fsp3) is 0.304. The molecule has 0 atom stereocenters. The van der Waals surface area contributed by atoms with E-state index in [1.807, 2.05) is 36.4 Å². The summed E-state index contributed by atoms with van der Waals surface area (Å²) in [7, 11) is 1.62. The lowest BCUT2D eigenvalue weighted by atomic mass is 9.88. The van der Waals surface area contributed by atoms with E-state index in [0.717, 1.165) is 37.0 Å². The van der Waals surface area contributed by atoms with Gasteiger partial charge in [0.15, 0.2) is 0 Å². The summed E-state index contributed by atoms with van der Waals surface area (Å²) in [5.41, 5.74) is 2.25. The first kappa shape index (κ1) is 19.7. The van der Waals surface area contributed by atoms with Gasteiger partial charge in [-0.3, -0.25) is 9.59 Å². The minimum atomic E-state index is -0.230. The summed E-state index contributed by atoms with van der Waals surface area (Å²) in [6.45, 7) is 0. The zero-order chi connectivity index (χ0) is 19.8. The molecule has 0 saturated heterocycles. The Kier molecular flexibility index (Phi) is 6.84. The number of carbonyl (C=O) groups is 2. The lowest BCUT2D eigenvalue weighted by Crippen LogP contribution is -2.24. The molecule has 0 aromatic heterocycles. The summed E-state index contributed by atoms with van der Waals surface area (Å²) in [6, 6.07) is 14.7. The Hall–Kier alpha value is -3.08. The highest BCUT2D eigenvalue weighted by Crippen LogP contribution is 2.25. The number of nitrogens with one attached hydrogen (secondary N) is 2. The third kappa shape index (κ3) is 5.71. The average Bonchev–Trinajstić information content (AvgIpc) is 2.73. The number of carbonyl (C=O) groups excluding carboxylic acids is 2. The second-order valence-corrected chi connectivity index (χ2v) is 7.00. The van der Waals surface area contributed by atoms with Crippen molar-refractivity contribution in [1.82, 2.24) is 0 Å². The van der Waals surface area contributed by atoms with Crippen molar-refractivity contribution >= 4 is 29.3 Å². The Morgan fingerprint density at radius 3 is 2.32 bits per heavy atom. The molecule has 146 valence electrons. The van der Waals surface area contributed by atoms with E-state index < -0.39 is 0 Å². The summed E-state index contributed by atoms with van der Waals surface area (Å²) >= 11 is 0. The molecule has 1 saturated carbocycles. The van der Waals surface area contributed by atoms with Crippen molar-refractivity contribution in [3.63, 3.8) is 0 Å². The quantitative estimate of drug-likeness (QED) is 0.705. The van der Waals surface area contributed by atoms with Crippen molar-refractivity contribution in [1.29, 1.82) is 0 Å². The summed E-state index contributed by atoms with van der Waals surface area (Å²) in [4.78, 5) is 24.6. The lowest BCUT2D eigenvalue weighted by Gasteiger charge is -2.20. The number of ether oxygens (including phenoxy) is 1. The van der Waals surface area contributed by atoms with Gasteiger partial charge in [0.05, 0.1) is 7.11 Å².